The smallest absolute Gasteiger partial charge is 0.227 e. The number of nitrogens with zero attached hydrogens (tertiary/aromatic N) is 4. The minimum atomic E-state index is 0.315. The summed E-state index contributed by atoms with van der Waals surface area (Å²) in [7, 11) is 0. The summed E-state index contributed by atoms with van der Waals surface area (Å²) in [6.45, 7) is 1.55. The monoisotopic (exact) mass is 516 g/mol. The van der Waals surface area contributed by atoms with E-state index in [1.807, 2.05) is 18.5 Å². The van der Waals surface area contributed by atoms with Gasteiger partial charge in [-0.2, -0.15) is 9.97 Å². The number of benzene rings is 1. The molecule has 0 saturated heterocycles. The Morgan fingerprint density at radius 1 is 0.943 bits per heavy atom. The zero-order chi connectivity index (χ0) is 24.2. The summed E-state index contributed by atoms with van der Waals surface area (Å²) in [5.74, 6) is 1.46. The maximum Gasteiger partial charge on any atom is 0.227 e. The van der Waals surface area contributed by atoms with Crippen molar-refractivity contribution in [1.82, 2.24) is 19.5 Å². The van der Waals surface area contributed by atoms with Crippen molar-refractivity contribution < 1.29 is 0 Å². The summed E-state index contributed by atoms with van der Waals surface area (Å²) in [6, 6.07) is 6.72. The number of hydrogen-bond donors (Lipinski definition) is 4. The number of halogens is 2. The van der Waals surface area contributed by atoms with E-state index < -0.39 is 0 Å². The molecule has 35 heavy (non-hydrogen) atoms. The second-order valence-electron chi connectivity index (χ2n) is 9.75. The molecule has 8 nitrogen and oxygen atoms in total. The molecule has 0 spiro atoms. The predicted molar refractivity (Wildman–Crippen MR) is 145 cm³/mol. The van der Waals surface area contributed by atoms with E-state index in [1.54, 1.807) is 6.07 Å². The third-order valence-corrected chi connectivity index (χ3v) is 7.88. The fourth-order valence-electron chi connectivity index (χ4n) is 5.13. The Balaban J connectivity index is 1.27. The van der Waals surface area contributed by atoms with Gasteiger partial charge in [0.25, 0.3) is 0 Å². The van der Waals surface area contributed by atoms with Crippen molar-refractivity contribution in [3.8, 4) is 0 Å². The van der Waals surface area contributed by atoms with Crippen molar-refractivity contribution in [3.63, 3.8) is 0 Å². The van der Waals surface area contributed by atoms with Crippen LogP contribution < -0.4 is 21.7 Å². The maximum absolute atomic E-state index is 6.11. The van der Waals surface area contributed by atoms with E-state index in [0.29, 0.717) is 34.1 Å². The second-order valence-corrected chi connectivity index (χ2v) is 10.6. The van der Waals surface area contributed by atoms with Crippen LogP contribution in [0.4, 0.5) is 17.5 Å². The highest BCUT2D eigenvalue weighted by Crippen LogP contribution is 2.33. The summed E-state index contributed by atoms with van der Waals surface area (Å²) in [4.78, 5) is 14.5. The van der Waals surface area contributed by atoms with Crippen molar-refractivity contribution >= 4 is 51.8 Å². The fourth-order valence-corrected chi connectivity index (χ4v) is 5.43. The first-order valence-corrected chi connectivity index (χ1v) is 13.5. The average Bonchev–Trinajstić information content (AvgIpc) is 3.52. The second kappa shape index (κ2) is 11.2. The molecule has 2 heterocycles. The highest BCUT2D eigenvalue weighted by molar-refractivity contribution is 6.42. The Morgan fingerprint density at radius 3 is 2.49 bits per heavy atom. The van der Waals surface area contributed by atoms with E-state index in [-0.39, 0.29) is 0 Å². The predicted octanol–water partition coefficient (Wildman–Crippen LogP) is 5.84. The third-order valence-electron chi connectivity index (χ3n) is 7.14. The Morgan fingerprint density at radius 2 is 1.71 bits per heavy atom. The van der Waals surface area contributed by atoms with E-state index in [0.717, 1.165) is 67.9 Å². The van der Waals surface area contributed by atoms with Crippen LogP contribution in [0.25, 0.3) is 11.2 Å². The first-order valence-electron chi connectivity index (χ1n) is 12.8. The van der Waals surface area contributed by atoms with E-state index >= 15 is 0 Å². The average molecular weight is 518 g/mol. The van der Waals surface area contributed by atoms with Crippen LogP contribution in [0, 0.1) is 0 Å². The summed E-state index contributed by atoms with van der Waals surface area (Å²) < 4.78 is 2.25. The van der Waals surface area contributed by atoms with E-state index in [2.05, 4.69) is 20.5 Å². The van der Waals surface area contributed by atoms with Crippen LogP contribution in [0.3, 0.4) is 0 Å². The number of nitrogens with one attached hydrogen (secondary N) is 3. The van der Waals surface area contributed by atoms with Crippen molar-refractivity contribution in [1.29, 1.82) is 0 Å². The normalized spacial score (nSPS) is 20.9. The van der Waals surface area contributed by atoms with Crippen LogP contribution in [0.15, 0.2) is 24.5 Å². The number of hydrogen-bond acceptors (Lipinski definition) is 7. The SMILES string of the molecule is NC1CCC(Nc2nc(NCCCNc3ccc(Cl)c(Cl)c3)c3ncn(C4CCCC4)c3n2)CC1. The summed E-state index contributed by atoms with van der Waals surface area (Å²) in [6.07, 6.45) is 11.9. The molecule has 0 aliphatic heterocycles. The number of imidazole rings is 1. The molecule has 188 valence electrons. The molecule has 5 N–H and O–H groups in total. The van der Waals surface area contributed by atoms with Crippen LogP contribution >= 0.6 is 23.2 Å². The van der Waals surface area contributed by atoms with Gasteiger partial charge in [0.05, 0.1) is 16.4 Å². The van der Waals surface area contributed by atoms with E-state index in [1.165, 1.54) is 25.7 Å². The molecule has 3 aromatic rings. The highest BCUT2D eigenvalue weighted by Gasteiger charge is 2.23. The Bertz CT molecular complexity index is 1140. The summed E-state index contributed by atoms with van der Waals surface area (Å²) >= 11 is 12.1. The molecule has 2 aliphatic carbocycles. The number of aromatic nitrogens is 4. The first-order chi connectivity index (χ1) is 17.1. The Hall–Kier alpha value is -2.29. The summed E-state index contributed by atoms with van der Waals surface area (Å²) in [5.41, 5.74) is 8.81. The molecule has 0 unspecified atom stereocenters. The minimum Gasteiger partial charge on any atom is -0.385 e. The molecule has 2 fully saturated rings. The van der Waals surface area contributed by atoms with Gasteiger partial charge in [-0.05, 0) is 63.1 Å². The van der Waals surface area contributed by atoms with Gasteiger partial charge in [-0.15, -0.1) is 0 Å². The molecule has 2 aromatic heterocycles. The van der Waals surface area contributed by atoms with Gasteiger partial charge in [0.2, 0.25) is 5.95 Å². The molecular weight excluding hydrogens is 483 g/mol. The molecule has 1 aromatic carbocycles. The van der Waals surface area contributed by atoms with E-state index in [9.17, 15) is 0 Å². The van der Waals surface area contributed by atoms with Crippen molar-refractivity contribution in [3.05, 3.63) is 34.6 Å². The lowest BCUT2D eigenvalue weighted by molar-refractivity contribution is 0.410. The Labute approximate surface area is 216 Å². The van der Waals surface area contributed by atoms with Gasteiger partial charge in [-0.1, -0.05) is 36.0 Å². The molecule has 2 aliphatic rings. The largest absolute Gasteiger partial charge is 0.385 e. The standard InChI is InChI=1S/C25H34Cl2N8/c26-20-11-10-18(14-21(20)27)29-12-3-13-30-23-22-24(35(15-31-22)19-4-1-2-5-19)34-25(33-23)32-17-8-6-16(28)7-9-17/h10-11,14-17,19,29H,1-9,12-13,28H2,(H2,30,32,33,34). The van der Waals surface area contributed by atoms with Crippen molar-refractivity contribution in [2.75, 3.05) is 29.0 Å². The van der Waals surface area contributed by atoms with Crippen LogP contribution in [-0.2, 0) is 0 Å². The van der Waals surface area contributed by atoms with Gasteiger partial charge in [0.15, 0.2) is 17.0 Å². The molecule has 5 rings (SSSR count). The van der Waals surface area contributed by atoms with Crippen molar-refractivity contribution in [2.45, 2.75) is 75.9 Å². The maximum atomic E-state index is 6.11. The Kier molecular flexibility index (Phi) is 7.80. The van der Waals surface area contributed by atoms with Crippen LogP contribution in [-0.4, -0.2) is 44.7 Å². The topological polar surface area (TPSA) is 106 Å². The molecule has 0 radical (unpaired) electrons. The van der Waals surface area contributed by atoms with Crippen molar-refractivity contribution in [2.24, 2.45) is 5.73 Å². The van der Waals surface area contributed by atoms with Gasteiger partial charge < -0.3 is 26.3 Å². The minimum absolute atomic E-state index is 0.315. The molecule has 10 heteroatoms. The third kappa shape index (κ3) is 5.93. The number of rotatable bonds is 9. The van der Waals surface area contributed by atoms with Crippen LogP contribution in [0.1, 0.15) is 63.8 Å². The zero-order valence-corrected chi connectivity index (χ0v) is 21.5. The number of anilines is 3. The molecule has 2 saturated carbocycles. The van der Waals surface area contributed by atoms with Crippen LogP contribution in [0.5, 0.6) is 0 Å². The number of nitrogens with two attached hydrogens (primary N) is 1. The van der Waals surface area contributed by atoms with Gasteiger partial charge in [-0.25, -0.2) is 4.98 Å². The lowest BCUT2D eigenvalue weighted by Crippen LogP contribution is -2.33. The molecule has 0 amide bonds. The quantitative estimate of drug-likeness (QED) is 0.264. The fraction of sp³-hybridized carbons (Fsp3) is 0.560. The van der Waals surface area contributed by atoms with Gasteiger partial charge in [0, 0.05) is 36.9 Å². The van der Waals surface area contributed by atoms with Gasteiger partial charge in [0.1, 0.15) is 0 Å². The molecular formula is C25H34Cl2N8. The summed E-state index contributed by atoms with van der Waals surface area (Å²) in [5, 5.41) is 11.6. The van der Waals surface area contributed by atoms with E-state index in [4.69, 9.17) is 43.9 Å². The highest BCUT2D eigenvalue weighted by atomic mass is 35.5. The lowest BCUT2D eigenvalue weighted by Gasteiger charge is -2.27. The zero-order valence-electron chi connectivity index (χ0n) is 19.9. The molecule has 0 bridgehead atoms. The molecule has 0 atom stereocenters. The first kappa shape index (κ1) is 24.4. The van der Waals surface area contributed by atoms with Gasteiger partial charge >= 0.3 is 0 Å². The lowest BCUT2D eigenvalue weighted by atomic mass is 9.92. The number of fused-ring (bicyclic) bond motifs is 1. The van der Waals surface area contributed by atoms with Gasteiger partial charge in [-0.3, -0.25) is 0 Å². The van der Waals surface area contributed by atoms with Crippen LogP contribution in [0.2, 0.25) is 10.0 Å².